The molecule has 0 amide bonds. The van der Waals surface area contributed by atoms with Crippen molar-refractivity contribution in [2.75, 3.05) is 6.61 Å². The van der Waals surface area contributed by atoms with Crippen LogP contribution in [-0.2, 0) is 19.1 Å². The van der Waals surface area contributed by atoms with Crippen LogP contribution in [0.15, 0.2) is 0 Å². The fourth-order valence-corrected chi connectivity index (χ4v) is 5.83. The second-order valence-corrected chi connectivity index (χ2v) is 10.5. The molecular weight excluding hydrogens is 340 g/mol. The third kappa shape index (κ3) is 4.19. The largest absolute Gasteiger partial charge is 0.456 e. The fourth-order valence-electron chi connectivity index (χ4n) is 5.83. The SMILES string of the molecule is CCC(C)(C)C(=O)OCC(=O)OC1(CCC(C)C)C2CC3CC(C2)CC1C3. The van der Waals surface area contributed by atoms with Gasteiger partial charge in [0.2, 0.25) is 0 Å². The van der Waals surface area contributed by atoms with Crippen molar-refractivity contribution >= 4 is 11.9 Å². The Kier molecular flexibility index (Phi) is 5.93. The van der Waals surface area contributed by atoms with Crippen LogP contribution < -0.4 is 0 Å². The quantitative estimate of drug-likeness (QED) is 0.549. The van der Waals surface area contributed by atoms with Crippen molar-refractivity contribution < 1.29 is 19.1 Å². The molecule has 0 aromatic heterocycles. The number of ether oxygens (including phenoxy) is 2. The molecule has 154 valence electrons. The van der Waals surface area contributed by atoms with Gasteiger partial charge in [0, 0.05) is 0 Å². The Labute approximate surface area is 164 Å². The van der Waals surface area contributed by atoms with Crippen molar-refractivity contribution in [3.63, 3.8) is 0 Å². The van der Waals surface area contributed by atoms with Gasteiger partial charge >= 0.3 is 11.9 Å². The standard InChI is InChI=1S/C23H38O4/c1-6-22(4,5)21(25)26-14-20(24)27-23(8-7-15(2)3)18-10-16-9-17(12-18)13-19(23)11-16/h15-19H,6-14H2,1-5H3. The predicted molar refractivity (Wildman–Crippen MR) is 105 cm³/mol. The molecule has 4 heteroatoms. The van der Waals surface area contributed by atoms with Crippen LogP contribution in [0.3, 0.4) is 0 Å². The van der Waals surface area contributed by atoms with Crippen molar-refractivity contribution in [1.29, 1.82) is 0 Å². The molecule has 4 bridgehead atoms. The van der Waals surface area contributed by atoms with E-state index in [4.69, 9.17) is 9.47 Å². The molecule has 0 saturated heterocycles. The maximum Gasteiger partial charge on any atom is 0.344 e. The number of carbonyl (C=O) groups is 2. The molecule has 4 fully saturated rings. The first-order valence-corrected chi connectivity index (χ1v) is 11.0. The molecule has 4 saturated carbocycles. The van der Waals surface area contributed by atoms with E-state index >= 15 is 0 Å². The summed E-state index contributed by atoms with van der Waals surface area (Å²) in [5.74, 6) is 2.59. The number of esters is 2. The Morgan fingerprint density at radius 1 is 1.04 bits per heavy atom. The molecule has 4 aliphatic carbocycles. The van der Waals surface area contributed by atoms with Crippen LogP contribution in [0, 0.1) is 35.0 Å². The smallest absolute Gasteiger partial charge is 0.344 e. The highest BCUT2D eigenvalue weighted by atomic mass is 16.6. The molecule has 4 rings (SSSR count). The first-order chi connectivity index (χ1) is 12.7. The second kappa shape index (κ2) is 7.75. The van der Waals surface area contributed by atoms with E-state index in [1.54, 1.807) is 0 Å². The van der Waals surface area contributed by atoms with Crippen molar-refractivity contribution in [2.24, 2.45) is 35.0 Å². The van der Waals surface area contributed by atoms with Gasteiger partial charge in [-0.05, 0) is 94.8 Å². The van der Waals surface area contributed by atoms with Gasteiger partial charge in [0.25, 0.3) is 0 Å². The fraction of sp³-hybridized carbons (Fsp3) is 0.913. The van der Waals surface area contributed by atoms with E-state index in [-0.39, 0.29) is 24.1 Å². The molecule has 0 atom stereocenters. The lowest BCUT2D eigenvalue weighted by atomic mass is 9.49. The van der Waals surface area contributed by atoms with Gasteiger partial charge in [-0.25, -0.2) is 4.79 Å². The van der Waals surface area contributed by atoms with E-state index in [9.17, 15) is 9.59 Å². The molecule has 0 N–H and O–H groups in total. The maximum atomic E-state index is 12.7. The first-order valence-electron chi connectivity index (χ1n) is 11.0. The van der Waals surface area contributed by atoms with Gasteiger partial charge < -0.3 is 9.47 Å². The van der Waals surface area contributed by atoms with Crippen molar-refractivity contribution in [3.05, 3.63) is 0 Å². The molecule has 4 nitrogen and oxygen atoms in total. The van der Waals surface area contributed by atoms with Gasteiger partial charge in [-0.15, -0.1) is 0 Å². The molecular formula is C23H38O4. The Morgan fingerprint density at radius 3 is 2.07 bits per heavy atom. The minimum absolute atomic E-state index is 0.252. The highest BCUT2D eigenvalue weighted by Crippen LogP contribution is 2.61. The minimum Gasteiger partial charge on any atom is -0.456 e. The van der Waals surface area contributed by atoms with Crippen LogP contribution in [0.25, 0.3) is 0 Å². The lowest BCUT2D eigenvalue weighted by molar-refractivity contribution is -0.217. The van der Waals surface area contributed by atoms with Crippen molar-refractivity contribution in [2.45, 2.75) is 91.6 Å². The van der Waals surface area contributed by atoms with Crippen LogP contribution in [0.4, 0.5) is 0 Å². The summed E-state index contributed by atoms with van der Waals surface area (Å²) in [5.41, 5.74) is -0.875. The van der Waals surface area contributed by atoms with Gasteiger partial charge in [-0.2, -0.15) is 0 Å². The molecule has 0 aromatic rings. The van der Waals surface area contributed by atoms with Crippen LogP contribution in [0.1, 0.15) is 86.0 Å². The summed E-state index contributed by atoms with van der Waals surface area (Å²) < 4.78 is 11.6. The Balaban J connectivity index is 1.67. The van der Waals surface area contributed by atoms with Crippen LogP contribution in [0.2, 0.25) is 0 Å². The molecule has 4 aliphatic rings. The lowest BCUT2D eigenvalue weighted by Crippen LogP contribution is -2.60. The van der Waals surface area contributed by atoms with Crippen LogP contribution in [-0.4, -0.2) is 24.1 Å². The lowest BCUT2D eigenvalue weighted by Gasteiger charge is -2.60. The summed E-state index contributed by atoms with van der Waals surface area (Å²) >= 11 is 0. The van der Waals surface area contributed by atoms with E-state index in [1.165, 1.54) is 32.1 Å². The van der Waals surface area contributed by atoms with Gasteiger partial charge in [-0.1, -0.05) is 20.8 Å². The van der Waals surface area contributed by atoms with Crippen molar-refractivity contribution in [1.82, 2.24) is 0 Å². The number of hydrogen-bond acceptors (Lipinski definition) is 4. The summed E-state index contributed by atoms with van der Waals surface area (Å²) in [6.45, 7) is 9.87. The zero-order valence-corrected chi connectivity index (χ0v) is 17.9. The van der Waals surface area contributed by atoms with E-state index < -0.39 is 5.41 Å². The summed E-state index contributed by atoms with van der Waals surface area (Å²) in [5, 5.41) is 0. The molecule has 0 heterocycles. The normalized spacial score (nSPS) is 34.7. The third-order valence-electron chi connectivity index (χ3n) is 7.69. The zero-order valence-electron chi connectivity index (χ0n) is 17.9. The van der Waals surface area contributed by atoms with Gasteiger partial charge in [0.15, 0.2) is 6.61 Å². The van der Waals surface area contributed by atoms with Gasteiger partial charge in [0.1, 0.15) is 5.60 Å². The number of carbonyl (C=O) groups excluding carboxylic acids is 2. The van der Waals surface area contributed by atoms with E-state index in [1.807, 2.05) is 20.8 Å². The summed E-state index contributed by atoms with van der Waals surface area (Å²) in [6.07, 6.45) is 8.94. The Bertz CT molecular complexity index is 535. The highest BCUT2D eigenvalue weighted by molar-refractivity contribution is 5.80. The summed E-state index contributed by atoms with van der Waals surface area (Å²) in [4.78, 5) is 24.9. The van der Waals surface area contributed by atoms with E-state index in [0.717, 1.165) is 24.7 Å². The minimum atomic E-state index is -0.557. The predicted octanol–water partition coefficient (Wildman–Crippen LogP) is 5.14. The third-order valence-corrected chi connectivity index (χ3v) is 7.69. The van der Waals surface area contributed by atoms with Crippen LogP contribution >= 0.6 is 0 Å². The Hall–Kier alpha value is -1.06. The first kappa shape index (κ1) is 20.7. The summed E-state index contributed by atoms with van der Waals surface area (Å²) in [7, 11) is 0. The molecule has 0 aliphatic heterocycles. The Morgan fingerprint density at radius 2 is 1.59 bits per heavy atom. The average Bonchev–Trinajstić information content (AvgIpc) is 2.61. The number of rotatable bonds is 8. The number of hydrogen-bond donors (Lipinski definition) is 0. The molecule has 0 radical (unpaired) electrons. The second-order valence-electron chi connectivity index (χ2n) is 10.5. The monoisotopic (exact) mass is 378 g/mol. The molecule has 0 aromatic carbocycles. The maximum absolute atomic E-state index is 12.7. The van der Waals surface area contributed by atoms with E-state index in [2.05, 4.69) is 13.8 Å². The van der Waals surface area contributed by atoms with Gasteiger partial charge in [0.05, 0.1) is 5.41 Å². The zero-order chi connectivity index (χ0) is 19.8. The highest BCUT2D eigenvalue weighted by Gasteiger charge is 2.59. The van der Waals surface area contributed by atoms with Gasteiger partial charge in [-0.3, -0.25) is 4.79 Å². The van der Waals surface area contributed by atoms with E-state index in [0.29, 0.717) is 24.2 Å². The van der Waals surface area contributed by atoms with Crippen molar-refractivity contribution in [3.8, 4) is 0 Å². The average molecular weight is 379 g/mol. The molecule has 27 heavy (non-hydrogen) atoms. The van der Waals surface area contributed by atoms with Crippen LogP contribution in [0.5, 0.6) is 0 Å². The summed E-state index contributed by atoms with van der Waals surface area (Å²) in [6, 6.07) is 0. The molecule has 0 unspecified atom stereocenters. The topological polar surface area (TPSA) is 52.6 Å². The molecule has 0 spiro atoms.